The van der Waals surface area contributed by atoms with Crippen LogP contribution in [0.25, 0.3) is 0 Å². The number of nitrogens with one attached hydrogen (secondary N) is 3. The van der Waals surface area contributed by atoms with E-state index in [0.717, 1.165) is 0 Å². The molecular weight excluding hydrogens is 175 g/mol. The zero-order valence-electron chi connectivity index (χ0n) is 6.12. The topological polar surface area (TPSA) is 55.1 Å². The molecule has 2 amide bonds. The number of rotatable bonds is 0. The first kappa shape index (κ1) is 8.82. The van der Waals surface area contributed by atoms with E-state index in [4.69, 9.17) is 0 Å². The maximum absolute atomic E-state index is 12.0. The fourth-order valence-electron chi connectivity index (χ4n) is 0.790. The third kappa shape index (κ3) is 1.86. The van der Waals surface area contributed by atoms with E-state index in [-0.39, 0.29) is 5.84 Å². The second-order valence-corrected chi connectivity index (χ2v) is 2.34. The molecule has 0 saturated carbocycles. The number of hydrogen-bond donors (Lipinski definition) is 3. The molecular formula is C5H7F3N3O+. The average molecular weight is 182 g/mol. The average Bonchev–Trinajstić information content (AvgIpc) is 1.82. The molecule has 0 aliphatic carbocycles. The van der Waals surface area contributed by atoms with Crippen molar-refractivity contribution in [2.45, 2.75) is 19.3 Å². The first-order valence-electron chi connectivity index (χ1n) is 3.14. The predicted octanol–water partition coefficient (Wildman–Crippen LogP) is -1.31. The molecule has 0 bridgehead atoms. The van der Waals surface area contributed by atoms with Crippen LogP contribution in [0, 0.1) is 0 Å². The van der Waals surface area contributed by atoms with Crippen LogP contribution in [-0.2, 0) is 0 Å². The first-order chi connectivity index (χ1) is 5.39. The van der Waals surface area contributed by atoms with Crippen molar-refractivity contribution in [3.8, 4) is 0 Å². The Morgan fingerprint density at radius 1 is 1.50 bits per heavy atom. The number of carbonyl (C=O) groups excluding carboxylic acids is 1. The van der Waals surface area contributed by atoms with Crippen molar-refractivity contribution in [2.24, 2.45) is 0 Å². The minimum absolute atomic E-state index is 0.0843. The van der Waals surface area contributed by atoms with Crippen molar-refractivity contribution in [3.05, 3.63) is 0 Å². The van der Waals surface area contributed by atoms with Gasteiger partial charge in [-0.3, -0.25) is 5.32 Å². The number of amides is 2. The van der Waals surface area contributed by atoms with Gasteiger partial charge in [0.05, 0.1) is 0 Å². The van der Waals surface area contributed by atoms with Crippen LogP contribution >= 0.6 is 0 Å². The maximum atomic E-state index is 12.0. The largest absolute Gasteiger partial charge is 0.449 e. The monoisotopic (exact) mass is 182 g/mol. The molecule has 3 N–H and O–H groups in total. The van der Waals surface area contributed by atoms with Gasteiger partial charge in [-0.2, -0.15) is 18.5 Å². The summed E-state index contributed by atoms with van der Waals surface area (Å²) in [4.78, 5) is 12.6. The van der Waals surface area contributed by atoms with Crippen LogP contribution in [0.4, 0.5) is 18.0 Å². The number of carbonyl (C=O) groups is 1. The molecule has 0 fully saturated rings. The molecule has 7 heteroatoms. The minimum atomic E-state index is -4.47. The highest BCUT2D eigenvalue weighted by atomic mass is 19.4. The van der Waals surface area contributed by atoms with Gasteiger partial charge < -0.3 is 0 Å². The predicted molar refractivity (Wildman–Crippen MR) is 33.2 cm³/mol. The Hall–Kier alpha value is -1.27. The van der Waals surface area contributed by atoms with Crippen LogP contribution in [0.1, 0.15) is 6.92 Å². The van der Waals surface area contributed by atoms with E-state index in [1.807, 2.05) is 4.99 Å². The van der Waals surface area contributed by atoms with Gasteiger partial charge in [0.1, 0.15) is 0 Å². The molecule has 0 aromatic heterocycles. The van der Waals surface area contributed by atoms with Gasteiger partial charge in [0.2, 0.25) is 5.84 Å². The quantitative estimate of drug-likeness (QED) is 0.428. The third-order valence-corrected chi connectivity index (χ3v) is 1.26. The van der Waals surface area contributed by atoms with Crippen molar-refractivity contribution in [1.82, 2.24) is 10.6 Å². The van der Waals surface area contributed by atoms with Crippen LogP contribution in [0.2, 0.25) is 0 Å². The molecule has 0 saturated heterocycles. The minimum Gasteiger partial charge on any atom is -0.271 e. The Morgan fingerprint density at radius 2 is 2.08 bits per heavy atom. The van der Waals surface area contributed by atoms with E-state index < -0.39 is 18.4 Å². The lowest BCUT2D eigenvalue weighted by molar-refractivity contribution is -0.557. The zero-order chi connectivity index (χ0) is 9.35. The normalized spacial score (nSPS) is 24.2. The Kier molecular flexibility index (Phi) is 1.95. The van der Waals surface area contributed by atoms with E-state index in [9.17, 15) is 18.0 Å². The Morgan fingerprint density at radius 3 is 2.50 bits per heavy atom. The molecule has 0 radical (unpaired) electrons. The molecule has 1 atom stereocenters. The van der Waals surface area contributed by atoms with Gasteiger partial charge in [-0.15, -0.1) is 0 Å². The molecule has 1 aliphatic rings. The number of urea groups is 1. The summed E-state index contributed by atoms with van der Waals surface area (Å²) in [5, 5.41) is 3.82. The van der Waals surface area contributed by atoms with Crippen LogP contribution in [0.5, 0.6) is 0 Å². The molecule has 0 aromatic rings. The van der Waals surface area contributed by atoms with Crippen molar-refractivity contribution in [3.63, 3.8) is 0 Å². The lowest BCUT2D eigenvalue weighted by atomic mass is 10.4. The SMILES string of the molecule is CC1=[NH+]C(C(F)(F)F)NC(=O)N1. The highest BCUT2D eigenvalue weighted by Gasteiger charge is 2.45. The van der Waals surface area contributed by atoms with Gasteiger partial charge in [0.15, 0.2) is 0 Å². The molecule has 12 heavy (non-hydrogen) atoms. The van der Waals surface area contributed by atoms with Gasteiger partial charge >= 0.3 is 12.2 Å². The highest BCUT2D eigenvalue weighted by molar-refractivity contribution is 5.94. The van der Waals surface area contributed by atoms with Gasteiger partial charge in [-0.25, -0.2) is 9.79 Å². The summed E-state index contributed by atoms with van der Waals surface area (Å²) in [6.07, 6.45) is -6.47. The van der Waals surface area contributed by atoms with Gasteiger partial charge in [-0.1, -0.05) is 0 Å². The lowest BCUT2D eigenvalue weighted by Gasteiger charge is -2.18. The summed E-state index contributed by atoms with van der Waals surface area (Å²) >= 11 is 0. The van der Waals surface area contributed by atoms with Crippen LogP contribution in [0.3, 0.4) is 0 Å². The van der Waals surface area contributed by atoms with Crippen LogP contribution in [-0.4, -0.2) is 24.2 Å². The molecule has 1 aliphatic heterocycles. The first-order valence-corrected chi connectivity index (χ1v) is 3.14. The number of amidine groups is 1. The Bertz CT molecular complexity index is 235. The number of hydrogen-bond acceptors (Lipinski definition) is 1. The molecule has 1 heterocycles. The molecule has 0 spiro atoms. The lowest BCUT2D eigenvalue weighted by Crippen LogP contribution is -2.93. The van der Waals surface area contributed by atoms with Crippen molar-refractivity contribution in [1.29, 1.82) is 0 Å². The third-order valence-electron chi connectivity index (χ3n) is 1.26. The Balaban J connectivity index is 2.80. The number of alkyl halides is 3. The smallest absolute Gasteiger partial charge is 0.271 e. The van der Waals surface area contributed by atoms with E-state index in [1.54, 1.807) is 5.32 Å². The summed E-state index contributed by atoms with van der Waals surface area (Å²) in [7, 11) is 0. The fourth-order valence-corrected chi connectivity index (χ4v) is 0.790. The summed E-state index contributed by atoms with van der Waals surface area (Å²) < 4.78 is 35.9. The standard InChI is InChI=1S/C5H6F3N3O/c1-2-9-3(5(6,7)8)11-4(12)10-2/h3H,1H3,(H2,9,10,11,12)/p+1. The molecule has 1 unspecified atom stereocenters. The van der Waals surface area contributed by atoms with Gasteiger partial charge in [-0.05, 0) is 0 Å². The molecule has 1 rings (SSSR count). The van der Waals surface area contributed by atoms with Gasteiger partial charge in [0, 0.05) is 6.92 Å². The van der Waals surface area contributed by atoms with Gasteiger partial charge in [0.25, 0.3) is 6.17 Å². The molecule has 0 aromatic carbocycles. The van der Waals surface area contributed by atoms with Crippen LogP contribution < -0.4 is 15.6 Å². The number of halogens is 3. The molecule has 68 valence electrons. The Labute approximate surface area is 65.8 Å². The van der Waals surface area contributed by atoms with Crippen molar-refractivity contribution >= 4 is 11.9 Å². The summed E-state index contributed by atoms with van der Waals surface area (Å²) in [6.45, 7) is 1.34. The summed E-state index contributed by atoms with van der Waals surface area (Å²) in [5.41, 5.74) is 0. The van der Waals surface area contributed by atoms with E-state index in [2.05, 4.69) is 5.32 Å². The van der Waals surface area contributed by atoms with E-state index in [1.165, 1.54) is 6.92 Å². The fraction of sp³-hybridized carbons (Fsp3) is 0.600. The van der Waals surface area contributed by atoms with E-state index >= 15 is 0 Å². The second kappa shape index (κ2) is 2.65. The second-order valence-electron chi connectivity index (χ2n) is 2.34. The van der Waals surface area contributed by atoms with Crippen molar-refractivity contribution in [2.75, 3.05) is 0 Å². The van der Waals surface area contributed by atoms with Crippen LogP contribution in [0.15, 0.2) is 0 Å². The van der Waals surface area contributed by atoms with Crippen molar-refractivity contribution < 1.29 is 23.0 Å². The van der Waals surface area contributed by atoms with E-state index in [0.29, 0.717) is 0 Å². The summed E-state index contributed by atoms with van der Waals surface area (Å²) in [6, 6.07) is -0.853. The summed E-state index contributed by atoms with van der Waals surface area (Å²) in [5.74, 6) is 0.0843. The zero-order valence-corrected chi connectivity index (χ0v) is 6.12. The maximum Gasteiger partial charge on any atom is 0.449 e. The highest BCUT2D eigenvalue weighted by Crippen LogP contribution is 2.15. The molecule has 4 nitrogen and oxygen atoms in total.